The lowest BCUT2D eigenvalue weighted by molar-refractivity contribution is -0.125. The van der Waals surface area contributed by atoms with Gasteiger partial charge in [-0.3, -0.25) is 0 Å². The highest BCUT2D eigenvalue weighted by atomic mass is 16.3. The molecule has 0 spiro atoms. The van der Waals surface area contributed by atoms with E-state index in [1.54, 1.807) is 5.57 Å². The van der Waals surface area contributed by atoms with Crippen LogP contribution in [0.25, 0.3) is 0 Å². The molecule has 4 aliphatic carbocycles. The molecule has 0 aromatic carbocycles. The van der Waals surface area contributed by atoms with E-state index in [1.807, 2.05) is 0 Å². The molecule has 130 valence electrons. The second-order valence-corrected chi connectivity index (χ2v) is 10.2. The minimum Gasteiger partial charge on any atom is -0.393 e. The highest BCUT2D eigenvalue weighted by molar-refractivity contribution is 5.29. The number of hydrogen-bond acceptors (Lipinski definition) is 2. The van der Waals surface area contributed by atoms with E-state index < -0.39 is 0 Å². The predicted octanol–water partition coefficient (Wildman–Crippen LogP) is 4.31. The van der Waals surface area contributed by atoms with Gasteiger partial charge in [-0.25, -0.2) is 0 Å². The Morgan fingerprint density at radius 2 is 1.65 bits per heavy atom. The van der Waals surface area contributed by atoms with Gasteiger partial charge in [-0.05, 0) is 73.0 Å². The van der Waals surface area contributed by atoms with E-state index in [0.29, 0.717) is 28.6 Å². The van der Waals surface area contributed by atoms with Crippen LogP contribution in [0.15, 0.2) is 11.6 Å². The predicted molar refractivity (Wildman–Crippen MR) is 92.9 cm³/mol. The number of allylic oxidation sites excluding steroid dienone is 1. The molecule has 7 atom stereocenters. The van der Waals surface area contributed by atoms with Crippen LogP contribution in [-0.2, 0) is 0 Å². The summed E-state index contributed by atoms with van der Waals surface area (Å²) in [4.78, 5) is 0. The third-order valence-electron chi connectivity index (χ3n) is 8.81. The molecule has 4 rings (SSSR count). The van der Waals surface area contributed by atoms with E-state index in [4.69, 9.17) is 0 Å². The van der Waals surface area contributed by atoms with Crippen LogP contribution >= 0.6 is 0 Å². The molecular weight excluding hydrogens is 284 g/mol. The van der Waals surface area contributed by atoms with Gasteiger partial charge < -0.3 is 10.2 Å². The van der Waals surface area contributed by atoms with Crippen LogP contribution in [0.5, 0.6) is 0 Å². The van der Waals surface area contributed by atoms with E-state index in [-0.39, 0.29) is 17.6 Å². The second-order valence-electron chi connectivity index (χ2n) is 10.2. The first-order valence-corrected chi connectivity index (χ1v) is 9.76. The fraction of sp³-hybridized carbons (Fsp3) is 0.905. The molecule has 0 unspecified atom stereocenters. The summed E-state index contributed by atoms with van der Waals surface area (Å²) in [6.07, 6.45) is 10.1. The van der Waals surface area contributed by atoms with Gasteiger partial charge in [0, 0.05) is 5.92 Å². The van der Waals surface area contributed by atoms with Crippen LogP contribution in [0.2, 0.25) is 0 Å². The average Bonchev–Trinajstić information content (AvgIpc) is 2.79. The minimum absolute atomic E-state index is 0.00404. The van der Waals surface area contributed by atoms with Crippen molar-refractivity contribution >= 4 is 0 Å². The Bertz CT molecular complexity index is 536. The van der Waals surface area contributed by atoms with Gasteiger partial charge in [0.05, 0.1) is 12.2 Å². The van der Waals surface area contributed by atoms with Crippen LogP contribution in [0.3, 0.4) is 0 Å². The van der Waals surface area contributed by atoms with E-state index in [2.05, 4.69) is 33.8 Å². The van der Waals surface area contributed by atoms with Gasteiger partial charge in [-0.2, -0.15) is 0 Å². The third kappa shape index (κ3) is 2.00. The van der Waals surface area contributed by atoms with Crippen molar-refractivity contribution in [3.8, 4) is 0 Å². The molecule has 0 aromatic rings. The maximum absolute atomic E-state index is 10.7. The summed E-state index contributed by atoms with van der Waals surface area (Å²) in [6, 6.07) is 0. The van der Waals surface area contributed by atoms with Crippen LogP contribution < -0.4 is 0 Å². The summed E-state index contributed by atoms with van der Waals surface area (Å²) >= 11 is 0. The van der Waals surface area contributed by atoms with Gasteiger partial charge in [-0.1, -0.05) is 39.3 Å². The maximum Gasteiger partial charge on any atom is 0.0611 e. The number of hydrogen-bond donors (Lipinski definition) is 2. The molecular formula is C21H34O2. The van der Waals surface area contributed by atoms with Gasteiger partial charge in [0.1, 0.15) is 0 Å². The summed E-state index contributed by atoms with van der Waals surface area (Å²) < 4.78 is 0. The lowest BCUT2D eigenvalue weighted by atomic mass is 9.44. The Kier molecular flexibility index (Phi) is 3.40. The number of aliphatic hydroxyl groups is 2. The van der Waals surface area contributed by atoms with Crippen LogP contribution in [0, 0.1) is 34.0 Å². The lowest BCUT2D eigenvalue weighted by Crippen LogP contribution is -2.56. The zero-order chi connectivity index (χ0) is 16.6. The second kappa shape index (κ2) is 4.85. The molecule has 0 aliphatic heterocycles. The normalized spacial score (nSPS) is 54.7. The molecule has 23 heavy (non-hydrogen) atoms. The maximum atomic E-state index is 10.7. The Morgan fingerprint density at radius 3 is 2.39 bits per heavy atom. The Hall–Kier alpha value is -0.340. The van der Waals surface area contributed by atoms with E-state index in [0.717, 1.165) is 25.7 Å². The van der Waals surface area contributed by atoms with Gasteiger partial charge in [0.2, 0.25) is 0 Å². The molecule has 0 heterocycles. The molecule has 0 saturated heterocycles. The van der Waals surface area contributed by atoms with Crippen molar-refractivity contribution < 1.29 is 10.2 Å². The topological polar surface area (TPSA) is 40.5 Å². The monoisotopic (exact) mass is 318 g/mol. The van der Waals surface area contributed by atoms with E-state index in [1.165, 1.54) is 19.3 Å². The number of fused-ring (bicyclic) bond motifs is 5. The molecule has 2 N–H and O–H groups in total. The first kappa shape index (κ1) is 16.1. The largest absolute Gasteiger partial charge is 0.393 e. The molecule has 3 fully saturated rings. The molecule has 2 heteroatoms. The highest BCUT2D eigenvalue weighted by Crippen LogP contribution is 2.66. The molecule has 0 radical (unpaired) electrons. The molecule has 0 bridgehead atoms. The first-order valence-electron chi connectivity index (χ1n) is 9.76. The summed E-state index contributed by atoms with van der Waals surface area (Å²) in [7, 11) is 0. The average molecular weight is 319 g/mol. The van der Waals surface area contributed by atoms with Gasteiger partial charge >= 0.3 is 0 Å². The Balaban J connectivity index is 1.75. The third-order valence-corrected chi connectivity index (χ3v) is 8.81. The van der Waals surface area contributed by atoms with E-state index >= 15 is 0 Å². The first-order chi connectivity index (χ1) is 10.7. The zero-order valence-corrected chi connectivity index (χ0v) is 15.3. The van der Waals surface area contributed by atoms with Crippen LogP contribution in [0.4, 0.5) is 0 Å². The van der Waals surface area contributed by atoms with Gasteiger partial charge in [0.25, 0.3) is 0 Å². The zero-order valence-electron chi connectivity index (χ0n) is 15.3. The van der Waals surface area contributed by atoms with Gasteiger partial charge in [-0.15, -0.1) is 0 Å². The minimum atomic E-state index is -0.165. The molecule has 0 aromatic heterocycles. The fourth-order valence-corrected chi connectivity index (χ4v) is 7.33. The quantitative estimate of drug-likeness (QED) is 0.654. The Labute approximate surface area is 141 Å². The fourth-order valence-electron chi connectivity index (χ4n) is 7.33. The molecule has 2 nitrogen and oxygen atoms in total. The van der Waals surface area contributed by atoms with Crippen LogP contribution in [-0.4, -0.2) is 22.4 Å². The highest BCUT2D eigenvalue weighted by Gasteiger charge is 2.60. The van der Waals surface area contributed by atoms with E-state index in [9.17, 15) is 10.2 Å². The van der Waals surface area contributed by atoms with Crippen molar-refractivity contribution in [1.29, 1.82) is 0 Å². The van der Waals surface area contributed by atoms with Crippen molar-refractivity contribution in [2.75, 3.05) is 0 Å². The molecule has 4 aliphatic rings. The van der Waals surface area contributed by atoms with Crippen molar-refractivity contribution in [1.82, 2.24) is 0 Å². The van der Waals surface area contributed by atoms with Crippen LogP contribution in [0.1, 0.15) is 72.6 Å². The number of rotatable bonds is 0. The van der Waals surface area contributed by atoms with Crippen molar-refractivity contribution in [3.63, 3.8) is 0 Å². The summed E-state index contributed by atoms with van der Waals surface area (Å²) in [6.45, 7) is 9.45. The SMILES string of the molecule is CC1(C)[C@@H](O)CC[C@]2(C)[C@H]3CC[C@]4(C)CC[C@@H](O)[C@@H]4C3=CC[C@@H]12. The molecule has 0 amide bonds. The van der Waals surface area contributed by atoms with Gasteiger partial charge in [0.15, 0.2) is 0 Å². The van der Waals surface area contributed by atoms with Crippen molar-refractivity contribution in [2.24, 2.45) is 34.0 Å². The van der Waals surface area contributed by atoms with Crippen molar-refractivity contribution in [2.45, 2.75) is 84.8 Å². The summed E-state index contributed by atoms with van der Waals surface area (Å²) in [5, 5.41) is 21.2. The smallest absolute Gasteiger partial charge is 0.0611 e. The van der Waals surface area contributed by atoms with Crippen molar-refractivity contribution in [3.05, 3.63) is 11.6 Å². The summed E-state index contributed by atoms with van der Waals surface area (Å²) in [5.74, 6) is 1.59. The number of aliphatic hydroxyl groups excluding tert-OH is 2. The Morgan fingerprint density at radius 1 is 0.957 bits per heavy atom. The molecule has 3 saturated carbocycles. The summed E-state index contributed by atoms with van der Waals surface area (Å²) in [5.41, 5.74) is 2.23. The lowest BCUT2D eigenvalue weighted by Gasteiger charge is -2.61. The standard InChI is InChI=1S/C21H34O2/c1-19(2)16-6-5-13-14(21(16,4)12-9-17(19)23)7-10-20(3)11-8-15(22)18(13)20/h5,14-18,22-23H,6-12H2,1-4H3/t14-,15+,16-,17-,18-,20+,21+/m0/s1.